The average molecular weight is 297 g/mol. The summed E-state index contributed by atoms with van der Waals surface area (Å²) in [4.78, 5) is 14.7. The van der Waals surface area contributed by atoms with E-state index in [9.17, 15) is 9.90 Å². The van der Waals surface area contributed by atoms with Crippen LogP contribution < -0.4 is 0 Å². The van der Waals surface area contributed by atoms with E-state index in [1.807, 2.05) is 12.1 Å². The molecule has 2 aromatic rings. The maximum absolute atomic E-state index is 11.2. The smallest absolute Gasteiger partial charge is 0.335 e. The van der Waals surface area contributed by atoms with Crippen molar-refractivity contribution < 1.29 is 9.90 Å². The van der Waals surface area contributed by atoms with Gasteiger partial charge in [0.05, 0.1) is 5.56 Å². The Bertz CT molecular complexity index is 708. The van der Waals surface area contributed by atoms with E-state index in [2.05, 4.69) is 18.5 Å². The van der Waals surface area contributed by atoms with Gasteiger partial charge in [0.1, 0.15) is 0 Å². The highest BCUT2D eigenvalue weighted by Crippen LogP contribution is 2.41. The molecule has 1 saturated carbocycles. The Labute approximate surface area is 131 Å². The van der Waals surface area contributed by atoms with Gasteiger partial charge >= 0.3 is 5.97 Å². The zero-order chi connectivity index (χ0) is 15.7. The number of rotatable bonds is 4. The van der Waals surface area contributed by atoms with Crippen LogP contribution in [0.15, 0.2) is 30.9 Å². The highest BCUT2D eigenvalue weighted by molar-refractivity contribution is 5.95. The summed E-state index contributed by atoms with van der Waals surface area (Å²) < 4.78 is 0. The molecule has 22 heavy (non-hydrogen) atoms. The van der Waals surface area contributed by atoms with E-state index in [0.29, 0.717) is 11.5 Å². The number of H-pyrrole nitrogens is 1. The van der Waals surface area contributed by atoms with Crippen LogP contribution in [-0.4, -0.2) is 16.1 Å². The van der Waals surface area contributed by atoms with Crippen molar-refractivity contribution in [3.63, 3.8) is 0 Å². The number of fused-ring (bicyclic) bond motifs is 1. The van der Waals surface area contributed by atoms with Crippen LogP contribution in [0.4, 0.5) is 0 Å². The van der Waals surface area contributed by atoms with E-state index in [4.69, 9.17) is 0 Å². The molecular weight excluding hydrogens is 274 g/mol. The minimum Gasteiger partial charge on any atom is -0.478 e. The first-order valence-corrected chi connectivity index (χ1v) is 8.13. The lowest BCUT2D eigenvalue weighted by molar-refractivity contribution is 0.0697. The number of hydrogen-bond donors (Lipinski definition) is 2. The predicted octanol–water partition coefficient (Wildman–Crippen LogP) is 5.20. The third kappa shape index (κ3) is 2.56. The van der Waals surface area contributed by atoms with Crippen LogP contribution in [0.2, 0.25) is 0 Å². The number of nitrogens with one attached hydrogen (secondary N) is 1. The van der Waals surface area contributed by atoms with Crippen molar-refractivity contribution in [2.75, 3.05) is 0 Å². The zero-order valence-corrected chi connectivity index (χ0v) is 13.1. The van der Waals surface area contributed by atoms with Gasteiger partial charge in [0.25, 0.3) is 0 Å². The summed E-state index contributed by atoms with van der Waals surface area (Å²) in [7, 11) is 0. The normalized spacial score (nSPS) is 17.5. The number of carboxylic acids is 1. The first-order valence-electron chi connectivity index (χ1n) is 8.13. The fourth-order valence-electron chi connectivity index (χ4n) is 3.68. The lowest BCUT2D eigenvalue weighted by Gasteiger charge is -2.24. The van der Waals surface area contributed by atoms with Gasteiger partial charge in [-0.05, 0) is 36.5 Å². The molecule has 116 valence electrons. The number of carboxylic acid groups (broad SMARTS) is 1. The molecule has 0 spiro atoms. The number of aromatic nitrogens is 1. The van der Waals surface area contributed by atoms with Gasteiger partial charge in [-0.25, -0.2) is 4.79 Å². The van der Waals surface area contributed by atoms with Crippen molar-refractivity contribution in [3.8, 4) is 0 Å². The molecule has 0 aliphatic heterocycles. The highest BCUT2D eigenvalue weighted by atomic mass is 16.4. The van der Waals surface area contributed by atoms with Crippen LogP contribution in [0, 0.1) is 0 Å². The number of hydrogen-bond acceptors (Lipinski definition) is 1. The molecule has 0 radical (unpaired) electrons. The molecule has 3 nitrogen and oxygen atoms in total. The Balaban J connectivity index is 2.16. The van der Waals surface area contributed by atoms with Gasteiger partial charge in [0, 0.05) is 22.5 Å². The molecule has 1 aliphatic rings. The second-order valence-electron chi connectivity index (χ2n) is 6.38. The van der Waals surface area contributed by atoms with Crippen molar-refractivity contribution in [1.82, 2.24) is 4.98 Å². The maximum Gasteiger partial charge on any atom is 0.335 e. The predicted molar refractivity (Wildman–Crippen MR) is 89.7 cm³/mol. The number of aromatic carboxylic acids is 1. The van der Waals surface area contributed by atoms with E-state index in [0.717, 1.165) is 5.52 Å². The van der Waals surface area contributed by atoms with Crippen LogP contribution >= 0.6 is 0 Å². The number of carbonyl (C=O) groups is 1. The molecule has 1 aromatic heterocycles. The van der Waals surface area contributed by atoms with E-state index >= 15 is 0 Å². The standard InChI is InChI=1S/C19H23NO2/c1-3-12(2)18-17(13-7-5-4-6-8-13)15-10-9-14(19(21)22)11-16(15)20-18/h3,9-13,20H,1,4-8H2,2H3,(H,21,22). The van der Waals surface area contributed by atoms with Crippen LogP contribution in [0.1, 0.15) is 72.5 Å². The minimum absolute atomic E-state index is 0.248. The van der Waals surface area contributed by atoms with Gasteiger partial charge in [-0.1, -0.05) is 38.3 Å². The Hall–Kier alpha value is -2.03. The minimum atomic E-state index is -0.881. The largest absolute Gasteiger partial charge is 0.478 e. The van der Waals surface area contributed by atoms with Gasteiger partial charge in [-0.3, -0.25) is 0 Å². The van der Waals surface area contributed by atoms with Gasteiger partial charge in [-0.2, -0.15) is 0 Å². The molecule has 1 atom stereocenters. The third-order valence-electron chi connectivity index (χ3n) is 4.94. The molecule has 3 rings (SSSR count). The van der Waals surface area contributed by atoms with Gasteiger partial charge in [-0.15, -0.1) is 6.58 Å². The van der Waals surface area contributed by atoms with Crippen LogP contribution in [0.5, 0.6) is 0 Å². The maximum atomic E-state index is 11.2. The van der Waals surface area contributed by atoms with Gasteiger partial charge in [0.15, 0.2) is 0 Å². The Morgan fingerprint density at radius 3 is 2.73 bits per heavy atom. The molecule has 1 aromatic carbocycles. The van der Waals surface area contributed by atoms with E-state index in [1.165, 1.54) is 48.7 Å². The van der Waals surface area contributed by atoms with Crippen LogP contribution in [-0.2, 0) is 0 Å². The van der Waals surface area contributed by atoms with E-state index in [1.54, 1.807) is 12.1 Å². The summed E-state index contributed by atoms with van der Waals surface area (Å²) in [5, 5.41) is 10.4. The zero-order valence-electron chi connectivity index (χ0n) is 13.1. The quantitative estimate of drug-likeness (QED) is 0.762. The molecule has 0 bridgehead atoms. The van der Waals surface area contributed by atoms with Crippen LogP contribution in [0.25, 0.3) is 10.9 Å². The molecule has 3 heteroatoms. The van der Waals surface area contributed by atoms with E-state index in [-0.39, 0.29) is 5.92 Å². The van der Waals surface area contributed by atoms with Crippen molar-refractivity contribution in [2.24, 2.45) is 0 Å². The summed E-state index contributed by atoms with van der Waals surface area (Å²) >= 11 is 0. The Morgan fingerprint density at radius 1 is 1.36 bits per heavy atom. The number of allylic oxidation sites excluding steroid dienone is 1. The molecule has 1 fully saturated rings. The molecule has 2 N–H and O–H groups in total. The van der Waals surface area contributed by atoms with Crippen LogP contribution in [0.3, 0.4) is 0 Å². The first kappa shape index (κ1) is 14.9. The van der Waals surface area contributed by atoms with Crippen molar-refractivity contribution in [1.29, 1.82) is 0 Å². The number of benzene rings is 1. The lowest BCUT2D eigenvalue weighted by atomic mass is 9.81. The molecule has 1 unspecified atom stereocenters. The summed E-state index contributed by atoms with van der Waals surface area (Å²) in [6.07, 6.45) is 8.30. The summed E-state index contributed by atoms with van der Waals surface area (Å²) in [5.74, 6) is -0.0535. The van der Waals surface area contributed by atoms with Crippen molar-refractivity contribution >= 4 is 16.9 Å². The third-order valence-corrected chi connectivity index (χ3v) is 4.94. The molecule has 1 heterocycles. The fraction of sp³-hybridized carbons (Fsp3) is 0.421. The van der Waals surface area contributed by atoms with Gasteiger partial charge in [0.2, 0.25) is 0 Å². The average Bonchev–Trinajstić information content (AvgIpc) is 2.93. The topological polar surface area (TPSA) is 53.1 Å². The SMILES string of the molecule is C=CC(C)c1[nH]c2cc(C(=O)O)ccc2c1C1CCCCC1. The molecular formula is C19H23NO2. The van der Waals surface area contributed by atoms with Crippen molar-refractivity contribution in [2.45, 2.75) is 50.9 Å². The fourth-order valence-corrected chi connectivity index (χ4v) is 3.68. The molecule has 0 amide bonds. The van der Waals surface area contributed by atoms with E-state index < -0.39 is 5.97 Å². The van der Waals surface area contributed by atoms with Crippen molar-refractivity contribution in [3.05, 3.63) is 47.7 Å². The first-order chi connectivity index (χ1) is 10.6. The van der Waals surface area contributed by atoms with Gasteiger partial charge < -0.3 is 10.1 Å². The summed E-state index contributed by atoms with van der Waals surface area (Å²) in [5.41, 5.74) is 3.87. The number of aromatic amines is 1. The summed E-state index contributed by atoms with van der Waals surface area (Å²) in [6.45, 7) is 6.07. The highest BCUT2D eigenvalue weighted by Gasteiger charge is 2.24. The second-order valence-corrected chi connectivity index (χ2v) is 6.38. The molecule has 1 aliphatic carbocycles. The lowest BCUT2D eigenvalue weighted by Crippen LogP contribution is -2.07. The monoisotopic (exact) mass is 297 g/mol. The second kappa shape index (κ2) is 5.99. The Morgan fingerprint density at radius 2 is 2.09 bits per heavy atom. The summed E-state index contributed by atoms with van der Waals surface area (Å²) in [6, 6.07) is 5.44. The Kier molecular flexibility index (Phi) is 4.06. The molecule has 0 saturated heterocycles.